The quantitative estimate of drug-likeness (QED) is 0.336. The number of carbonyl (C=O) groups excluding carboxylic acids is 1. The zero-order valence-electron chi connectivity index (χ0n) is 17.9. The van der Waals surface area contributed by atoms with Gasteiger partial charge in [-0.05, 0) is 49.7 Å². The highest BCUT2D eigenvalue weighted by Crippen LogP contribution is 2.35. The number of fused-ring (bicyclic) bond motifs is 1. The number of rotatable bonds is 8. The second-order valence-corrected chi connectivity index (χ2v) is 9.06. The van der Waals surface area contributed by atoms with Crippen molar-refractivity contribution in [2.24, 2.45) is 0 Å². The van der Waals surface area contributed by atoms with Crippen molar-refractivity contribution >= 4 is 44.5 Å². The van der Waals surface area contributed by atoms with Gasteiger partial charge in [-0.1, -0.05) is 11.6 Å². The summed E-state index contributed by atoms with van der Waals surface area (Å²) in [4.78, 5) is 16.5. The first-order chi connectivity index (χ1) is 15.0. The lowest BCUT2D eigenvalue weighted by molar-refractivity contribution is 0.101. The molecule has 1 fully saturated rings. The molecule has 0 amide bonds. The van der Waals surface area contributed by atoms with Crippen LogP contribution in [0.5, 0.6) is 11.5 Å². The molecule has 1 aromatic heterocycles. The van der Waals surface area contributed by atoms with E-state index in [1.165, 1.54) is 15.8 Å². The summed E-state index contributed by atoms with van der Waals surface area (Å²) in [5.41, 5.74) is 1.95. The fourth-order valence-corrected chi connectivity index (χ4v) is 5.17. The first-order valence-corrected chi connectivity index (χ1v) is 11.8. The first kappa shape index (κ1) is 21.9. The molecule has 31 heavy (non-hydrogen) atoms. The molecule has 2 heterocycles. The zero-order valence-corrected chi connectivity index (χ0v) is 19.5. The average Bonchev–Trinajstić information content (AvgIpc) is 3.20. The topological polar surface area (TPSA) is 42.0 Å². The van der Waals surface area contributed by atoms with Gasteiger partial charge in [0.25, 0.3) is 0 Å². The maximum Gasteiger partial charge on any atom is 0.161 e. The largest absolute Gasteiger partial charge is 0.493 e. The third-order valence-corrected chi connectivity index (χ3v) is 6.84. The number of hydrogen-bond acceptors (Lipinski definition) is 6. The lowest BCUT2D eigenvalue weighted by Gasteiger charge is -2.35. The Kier molecular flexibility index (Phi) is 7.00. The number of halogens is 1. The molecule has 0 spiro atoms. The number of anilines is 1. The molecule has 0 radical (unpaired) electrons. The van der Waals surface area contributed by atoms with E-state index in [0.29, 0.717) is 23.7 Å². The number of nitrogens with zero attached hydrogens (tertiary/aromatic N) is 2. The van der Waals surface area contributed by atoms with Crippen LogP contribution in [0.15, 0.2) is 41.8 Å². The van der Waals surface area contributed by atoms with E-state index in [4.69, 9.17) is 21.1 Å². The van der Waals surface area contributed by atoms with E-state index in [-0.39, 0.29) is 5.78 Å². The molecule has 1 saturated heterocycles. The Balaban J connectivity index is 1.24. The van der Waals surface area contributed by atoms with Crippen molar-refractivity contribution < 1.29 is 14.3 Å². The van der Waals surface area contributed by atoms with Crippen LogP contribution >= 0.6 is 22.9 Å². The minimum absolute atomic E-state index is 0.0169. The molecule has 1 aliphatic rings. The van der Waals surface area contributed by atoms with Gasteiger partial charge in [0, 0.05) is 58.8 Å². The second kappa shape index (κ2) is 9.90. The number of hydrogen-bond donors (Lipinski definition) is 0. The number of Topliss-reactive ketones (excluding diaryl/α,β-unsaturated/α-hetero) is 1. The molecule has 0 bridgehead atoms. The molecular weight excluding hydrogens is 432 g/mol. The summed E-state index contributed by atoms with van der Waals surface area (Å²) in [6, 6.07) is 11.5. The summed E-state index contributed by atoms with van der Waals surface area (Å²) in [6.45, 7) is 7.30. The van der Waals surface area contributed by atoms with Crippen molar-refractivity contribution in [2.75, 3.05) is 51.3 Å². The molecule has 2 aromatic carbocycles. The van der Waals surface area contributed by atoms with Crippen molar-refractivity contribution in [1.29, 1.82) is 0 Å². The first-order valence-electron chi connectivity index (χ1n) is 10.5. The summed E-state index contributed by atoms with van der Waals surface area (Å²) < 4.78 is 12.5. The molecule has 164 valence electrons. The minimum Gasteiger partial charge on any atom is -0.493 e. The average molecular weight is 459 g/mol. The molecule has 5 nitrogen and oxygen atoms in total. The van der Waals surface area contributed by atoms with E-state index in [1.54, 1.807) is 37.5 Å². The Morgan fingerprint density at radius 2 is 1.90 bits per heavy atom. The van der Waals surface area contributed by atoms with Crippen molar-refractivity contribution in [2.45, 2.75) is 13.3 Å². The van der Waals surface area contributed by atoms with Crippen LogP contribution in [0.2, 0.25) is 5.02 Å². The second-order valence-electron chi connectivity index (χ2n) is 7.71. The van der Waals surface area contributed by atoms with E-state index >= 15 is 0 Å². The highest BCUT2D eigenvalue weighted by Gasteiger charge is 2.19. The molecule has 0 saturated carbocycles. The van der Waals surface area contributed by atoms with Crippen LogP contribution in [-0.4, -0.2) is 57.1 Å². The number of ketones is 1. The monoisotopic (exact) mass is 458 g/mol. The van der Waals surface area contributed by atoms with Gasteiger partial charge >= 0.3 is 0 Å². The Labute approximate surface area is 192 Å². The minimum atomic E-state index is 0.0169. The molecule has 1 aliphatic heterocycles. The third-order valence-electron chi connectivity index (χ3n) is 5.68. The van der Waals surface area contributed by atoms with E-state index < -0.39 is 0 Å². The maximum absolute atomic E-state index is 11.5. The number of methoxy groups -OCH3 is 1. The molecule has 3 aromatic rings. The Morgan fingerprint density at radius 1 is 1.10 bits per heavy atom. The molecule has 0 N–H and O–H groups in total. The third kappa shape index (κ3) is 5.14. The van der Waals surface area contributed by atoms with Gasteiger partial charge in [-0.25, -0.2) is 0 Å². The SMILES string of the molecule is COc1cc(C(C)=O)ccc1OCCCN1CCN(c2csc3cc(Cl)ccc23)CC1. The zero-order chi connectivity index (χ0) is 21.8. The standard InChI is InChI=1S/C24H27ClN2O3S/c1-17(28)18-4-7-22(23(14-18)29-2)30-13-3-8-26-9-11-27(12-10-26)21-16-31-24-15-19(25)5-6-20(21)24/h4-7,14-16H,3,8-13H2,1-2H3. The van der Waals surface area contributed by atoms with Crippen molar-refractivity contribution in [1.82, 2.24) is 4.90 Å². The maximum atomic E-state index is 11.5. The van der Waals surface area contributed by atoms with Crippen LogP contribution in [0.1, 0.15) is 23.7 Å². The molecule has 0 atom stereocenters. The van der Waals surface area contributed by atoms with E-state index in [9.17, 15) is 4.79 Å². The summed E-state index contributed by atoms with van der Waals surface area (Å²) >= 11 is 7.88. The van der Waals surface area contributed by atoms with Crippen LogP contribution in [0.25, 0.3) is 10.1 Å². The predicted octanol–water partition coefficient (Wildman–Crippen LogP) is 5.36. The molecular formula is C24H27ClN2O3S. The Hall–Kier alpha value is -2.28. The molecule has 7 heteroatoms. The van der Waals surface area contributed by atoms with Crippen LogP contribution in [0.4, 0.5) is 5.69 Å². The van der Waals surface area contributed by atoms with Gasteiger partial charge in [0.2, 0.25) is 0 Å². The van der Waals surface area contributed by atoms with Gasteiger partial charge in [-0.2, -0.15) is 0 Å². The summed E-state index contributed by atoms with van der Waals surface area (Å²) in [5.74, 6) is 1.30. The van der Waals surface area contributed by atoms with E-state index in [0.717, 1.165) is 44.2 Å². The van der Waals surface area contributed by atoms with Crippen LogP contribution in [0, 0.1) is 0 Å². The van der Waals surface area contributed by atoms with Crippen molar-refractivity contribution in [3.05, 3.63) is 52.4 Å². The summed E-state index contributed by atoms with van der Waals surface area (Å²) in [6.07, 6.45) is 0.942. The normalized spacial score (nSPS) is 14.7. The number of piperazine rings is 1. The van der Waals surface area contributed by atoms with Gasteiger partial charge in [0.05, 0.1) is 19.4 Å². The number of thiophene rings is 1. The summed E-state index contributed by atoms with van der Waals surface area (Å²) in [7, 11) is 1.59. The van der Waals surface area contributed by atoms with Crippen molar-refractivity contribution in [3.63, 3.8) is 0 Å². The number of benzene rings is 2. The summed E-state index contributed by atoms with van der Waals surface area (Å²) in [5, 5.41) is 4.33. The highest BCUT2D eigenvalue weighted by atomic mass is 35.5. The van der Waals surface area contributed by atoms with Crippen LogP contribution in [0.3, 0.4) is 0 Å². The van der Waals surface area contributed by atoms with E-state index in [1.807, 2.05) is 18.2 Å². The lowest BCUT2D eigenvalue weighted by Crippen LogP contribution is -2.46. The van der Waals surface area contributed by atoms with Crippen LogP contribution < -0.4 is 14.4 Å². The van der Waals surface area contributed by atoms with Gasteiger partial charge < -0.3 is 14.4 Å². The predicted molar refractivity (Wildman–Crippen MR) is 129 cm³/mol. The molecule has 0 unspecified atom stereocenters. The van der Waals surface area contributed by atoms with Crippen LogP contribution in [-0.2, 0) is 0 Å². The number of carbonyl (C=O) groups is 1. The highest BCUT2D eigenvalue weighted by molar-refractivity contribution is 7.17. The lowest BCUT2D eigenvalue weighted by atomic mass is 10.1. The fraction of sp³-hybridized carbons (Fsp3) is 0.375. The Morgan fingerprint density at radius 3 is 2.65 bits per heavy atom. The van der Waals surface area contributed by atoms with Gasteiger partial charge in [0.1, 0.15) is 0 Å². The molecule has 0 aliphatic carbocycles. The molecule has 4 rings (SSSR count). The fourth-order valence-electron chi connectivity index (χ4n) is 3.92. The van der Waals surface area contributed by atoms with Gasteiger partial charge in [-0.3, -0.25) is 9.69 Å². The Bertz CT molecular complexity index is 1060. The van der Waals surface area contributed by atoms with Gasteiger partial charge in [-0.15, -0.1) is 11.3 Å². The van der Waals surface area contributed by atoms with Crippen molar-refractivity contribution in [3.8, 4) is 11.5 Å². The smallest absolute Gasteiger partial charge is 0.161 e. The number of ether oxygens (including phenoxy) is 2. The van der Waals surface area contributed by atoms with Gasteiger partial charge in [0.15, 0.2) is 17.3 Å². The van der Waals surface area contributed by atoms with E-state index in [2.05, 4.69) is 21.2 Å².